The molecule has 0 aliphatic carbocycles. The van der Waals surface area contributed by atoms with Crippen molar-refractivity contribution in [2.24, 2.45) is 5.10 Å². The van der Waals surface area contributed by atoms with Gasteiger partial charge in [0.15, 0.2) is 0 Å². The van der Waals surface area contributed by atoms with Crippen LogP contribution in [-0.2, 0) is 0 Å². The first kappa shape index (κ1) is 18.6. The third-order valence-electron chi connectivity index (χ3n) is 4.57. The molecule has 136 valence electrons. The van der Waals surface area contributed by atoms with Crippen molar-refractivity contribution < 1.29 is 4.79 Å². The minimum absolute atomic E-state index is 0.203. The van der Waals surface area contributed by atoms with Crippen LogP contribution in [0.5, 0.6) is 0 Å². The van der Waals surface area contributed by atoms with Gasteiger partial charge in [-0.2, -0.15) is 5.10 Å². The second-order valence-electron chi connectivity index (χ2n) is 6.86. The molecule has 1 amide bonds. The van der Waals surface area contributed by atoms with Crippen molar-refractivity contribution in [3.8, 4) is 11.1 Å². The zero-order valence-corrected chi connectivity index (χ0v) is 15.9. The molecule has 0 unspecified atom stereocenters. The Morgan fingerprint density at radius 1 is 0.778 bits per heavy atom. The fourth-order valence-electron chi connectivity index (χ4n) is 2.82. The van der Waals surface area contributed by atoms with Crippen molar-refractivity contribution in [3.63, 3.8) is 0 Å². The van der Waals surface area contributed by atoms with E-state index in [0.717, 1.165) is 16.8 Å². The summed E-state index contributed by atoms with van der Waals surface area (Å²) in [6, 6.07) is 26.0. The van der Waals surface area contributed by atoms with E-state index in [0.29, 0.717) is 11.5 Å². The van der Waals surface area contributed by atoms with Crippen LogP contribution in [0.3, 0.4) is 0 Å². The van der Waals surface area contributed by atoms with E-state index in [1.54, 1.807) is 0 Å². The highest BCUT2D eigenvalue weighted by Gasteiger charge is 2.06. The maximum Gasteiger partial charge on any atom is 0.271 e. The van der Waals surface area contributed by atoms with Gasteiger partial charge in [0.1, 0.15) is 0 Å². The second kappa shape index (κ2) is 8.45. The van der Waals surface area contributed by atoms with Gasteiger partial charge >= 0.3 is 0 Å². The molecule has 0 aromatic heterocycles. The van der Waals surface area contributed by atoms with Gasteiger partial charge in [-0.25, -0.2) is 5.43 Å². The van der Waals surface area contributed by atoms with E-state index in [1.807, 2.05) is 61.5 Å². The van der Waals surface area contributed by atoms with Crippen LogP contribution in [0.4, 0.5) is 0 Å². The lowest BCUT2D eigenvalue weighted by atomic mass is 10.0. The summed E-state index contributed by atoms with van der Waals surface area (Å²) < 4.78 is 0. The molecule has 3 aromatic carbocycles. The third-order valence-corrected chi connectivity index (χ3v) is 4.57. The standard InChI is InChI=1S/C24H24N2O/c1-17(2)19-9-15-23(16-10-19)24(27)26-25-18(3)20-11-13-22(14-12-20)21-7-5-4-6-8-21/h4-17H,1-3H3,(H,26,27)/b25-18+. The molecule has 3 heteroatoms. The van der Waals surface area contributed by atoms with Crippen molar-refractivity contribution >= 4 is 11.6 Å². The molecule has 0 bridgehead atoms. The highest BCUT2D eigenvalue weighted by molar-refractivity contribution is 6.01. The summed E-state index contributed by atoms with van der Waals surface area (Å²) in [6.07, 6.45) is 0. The maximum atomic E-state index is 12.3. The third kappa shape index (κ3) is 4.70. The molecule has 0 radical (unpaired) electrons. The molecule has 0 aliphatic heterocycles. The number of nitrogens with zero attached hydrogens (tertiary/aromatic N) is 1. The van der Waals surface area contributed by atoms with E-state index in [-0.39, 0.29) is 5.91 Å². The van der Waals surface area contributed by atoms with E-state index in [9.17, 15) is 4.79 Å². The van der Waals surface area contributed by atoms with Gasteiger partial charge in [-0.3, -0.25) is 4.79 Å². The maximum absolute atomic E-state index is 12.3. The quantitative estimate of drug-likeness (QED) is 0.467. The number of amides is 1. The first-order chi connectivity index (χ1) is 13.0. The van der Waals surface area contributed by atoms with E-state index in [4.69, 9.17) is 0 Å². The number of carbonyl (C=O) groups is 1. The van der Waals surface area contributed by atoms with Crippen molar-refractivity contribution in [1.29, 1.82) is 0 Å². The zero-order valence-electron chi connectivity index (χ0n) is 15.9. The van der Waals surface area contributed by atoms with Gasteiger partial charge in [0.05, 0.1) is 5.71 Å². The van der Waals surface area contributed by atoms with Gasteiger partial charge < -0.3 is 0 Å². The summed E-state index contributed by atoms with van der Waals surface area (Å²) in [6.45, 7) is 6.15. The summed E-state index contributed by atoms with van der Waals surface area (Å²) in [5, 5.41) is 4.25. The van der Waals surface area contributed by atoms with Gasteiger partial charge in [-0.05, 0) is 47.2 Å². The molecule has 3 nitrogen and oxygen atoms in total. The Kier molecular flexibility index (Phi) is 5.82. The molecule has 1 N–H and O–H groups in total. The fourth-order valence-corrected chi connectivity index (χ4v) is 2.82. The summed E-state index contributed by atoms with van der Waals surface area (Å²) in [5.74, 6) is 0.242. The topological polar surface area (TPSA) is 41.5 Å². The SMILES string of the molecule is C/C(=N\NC(=O)c1ccc(C(C)C)cc1)c1ccc(-c2ccccc2)cc1. The Morgan fingerprint density at radius 3 is 1.93 bits per heavy atom. The van der Waals surface area contributed by atoms with Crippen molar-refractivity contribution in [2.75, 3.05) is 0 Å². The Balaban J connectivity index is 1.67. The molecule has 3 rings (SSSR count). The summed E-state index contributed by atoms with van der Waals surface area (Å²) in [4.78, 5) is 12.3. The average molecular weight is 356 g/mol. The minimum Gasteiger partial charge on any atom is -0.267 e. The molecule has 0 heterocycles. The first-order valence-corrected chi connectivity index (χ1v) is 9.15. The van der Waals surface area contributed by atoms with Crippen LogP contribution in [0.15, 0.2) is 84.0 Å². The molecule has 27 heavy (non-hydrogen) atoms. The predicted molar refractivity (Wildman–Crippen MR) is 112 cm³/mol. The molecule has 0 fully saturated rings. The van der Waals surface area contributed by atoms with Crippen LogP contribution in [-0.4, -0.2) is 11.6 Å². The number of nitrogens with one attached hydrogen (secondary N) is 1. The van der Waals surface area contributed by atoms with Crippen LogP contribution in [0.25, 0.3) is 11.1 Å². The molecule has 0 saturated heterocycles. The van der Waals surface area contributed by atoms with Crippen LogP contribution in [0, 0.1) is 0 Å². The fraction of sp³-hybridized carbons (Fsp3) is 0.167. The molecule has 0 aliphatic rings. The number of rotatable bonds is 5. The van der Waals surface area contributed by atoms with Crippen molar-refractivity contribution in [2.45, 2.75) is 26.7 Å². The average Bonchev–Trinajstić information content (AvgIpc) is 2.72. The predicted octanol–water partition coefficient (Wildman–Crippen LogP) is 5.63. The largest absolute Gasteiger partial charge is 0.271 e. The number of benzene rings is 3. The van der Waals surface area contributed by atoms with E-state index in [1.165, 1.54) is 11.1 Å². The second-order valence-corrected chi connectivity index (χ2v) is 6.86. The lowest BCUT2D eigenvalue weighted by Gasteiger charge is -2.07. The van der Waals surface area contributed by atoms with Gasteiger partial charge in [-0.15, -0.1) is 0 Å². The number of hydrogen-bond donors (Lipinski definition) is 1. The summed E-state index contributed by atoms with van der Waals surface area (Å²) in [7, 11) is 0. The van der Waals surface area contributed by atoms with Gasteiger partial charge in [0, 0.05) is 5.56 Å². The molecule has 0 atom stereocenters. The lowest BCUT2D eigenvalue weighted by molar-refractivity contribution is 0.0955. The Morgan fingerprint density at radius 2 is 1.33 bits per heavy atom. The Hall–Kier alpha value is -3.20. The molecule has 0 spiro atoms. The normalized spacial score (nSPS) is 11.5. The smallest absolute Gasteiger partial charge is 0.267 e. The highest BCUT2D eigenvalue weighted by atomic mass is 16.2. The Bertz CT molecular complexity index is 924. The highest BCUT2D eigenvalue weighted by Crippen LogP contribution is 2.19. The summed E-state index contributed by atoms with van der Waals surface area (Å²) in [5.41, 5.74) is 8.53. The summed E-state index contributed by atoms with van der Waals surface area (Å²) >= 11 is 0. The molecule has 3 aromatic rings. The lowest BCUT2D eigenvalue weighted by Crippen LogP contribution is -2.19. The number of carbonyl (C=O) groups excluding carboxylic acids is 1. The minimum atomic E-state index is -0.203. The van der Waals surface area contributed by atoms with Gasteiger partial charge in [-0.1, -0.05) is 80.6 Å². The van der Waals surface area contributed by atoms with Crippen LogP contribution in [0.1, 0.15) is 48.2 Å². The van der Waals surface area contributed by atoms with Gasteiger partial charge in [0.25, 0.3) is 5.91 Å². The number of hydrazone groups is 1. The van der Waals surface area contributed by atoms with E-state index in [2.05, 4.69) is 48.6 Å². The van der Waals surface area contributed by atoms with E-state index >= 15 is 0 Å². The molecule has 0 saturated carbocycles. The van der Waals surface area contributed by atoms with Crippen molar-refractivity contribution in [1.82, 2.24) is 5.43 Å². The Labute approximate surface area is 160 Å². The molecular weight excluding hydrogens is 332 g/mol. The van der Waals surface area contributed by atoms with Gasteiger partial charge in [0.2, 0.25) is 0 Å². The zero-order chi connectivity index (χ0) is 19.2. The monoisotopic (exact) mass is 356 g/mol. The van der Waals surface area contributed by atoms with Crippen LogP contribution >= 0.6 is 0 Å². The van der Waals surface area contributed by atoms with Crippen molar-refractivity contribution in [3.05, 3.63) is 95.6 Å². The number of hydrogen-bond acceptors (Lipinski definition) is 2. The molecular formula is C24H24N2O. The van der Waals surface area contributed by atoms with Crippen LogP contribution in [0.2, 0.25) is 0 Å². The van der Waals surface area contributed by atoms with Crippen LogP contribution < -0.4 is 5.43 Å². The van der Waals surface area contributed by atoms with E-state index < -0.39 is 0 Å². The first-order valence-electron chi connectivity index (χ1n) is 9.15.